The molecule has 0 spiro atoms. The molecule has 5 nitrogen and oxygen atoms in total. The van der Waals surface area contributed by atoms with E-state index in [1.54, 1.807) is 12.1 Å². The summed E-state index contributed by atoms with van der Waals surface area (Å²) in [5.41, 5.74) is 0. The quantitative estimate of drug-likeness (QED) is 0.747. The molecule has 0 atom stereocenters. The molecule has 0 radical (unpaired) electrons. The highest BCUT2D eigenvalue weighted by atomic mass is 35.5. The van der Waals surface area contributed by atoms with Gasteiger partial charge in [0.1, 0.15) is 0 Å². The van der Waals surface area contributed by atoms with E-state index in [2.05, 4.69) is 10.0 Å². The van der Waals surface area contributed by atoms with Gasteiger partial charge in [-0.3, -0.25) is 0 Å². The normalized spacial score (nSPS) is 17.0. The summed E-state index contributed by atoms with van der Waals surface area (Å²) < 4.78 is 32.3. The van der Waals surface area contributed by atoms with Crippen molar-refractivity contribution in [3.8, 4) is 0 Å². The van der Waals surface area contributed by atoms with E-state index in [0.717, 1.165) is 25.9 Å². The van der Waals surface area contributed by atoms with E-state index in [4.69, 9.17) is 16.3 Å². The van der Waals surface area contributed by atoms with Gasteiger partial charge in [0.25, 0.3) is 0 Å². The van der Waals surface area contributed by atoms with Crippen LogP contribution in [-0.4, -0.2) is 40.8 Å². The number of benzene rings is 1. The Bertz CT molecular complexity index is 528. The smallest absolute Gasteiger partial charge is 0.240 e. The van der Waals surface area contributed by atoms with E-state index in [1.807, 2.05) is 0 Å². The van der Waals surface area contributed by atoms with Crippen molar-refractivity contribution in [1.82, 2.24) is 10.0 Å². The molecule has 1 saturated heterocycles. The maximum atomic E-state index is 12.0. The number of ether oxygens (including phenoxy) is 1. The lowest BCUT2D eigenvalue weighted by Gasteiger charge is -2.22. The molecule has 0 bridgehead atoms. The molecular formula is C14H21ClN2O3S. The van der Waals surface area contributed by atoms with E-state index in [9.17, 15) is 8.42 Å². The van der Waals surface area contributed by atoms with Gasteiger partial charge in [0.15, 0.2) is 0 Å². The van der Waals surface area contributed by atoms with E-state index < -0.39 is 10.0 Å². The Kier molecular flexibility index (Phi) is 6.44. The summed E-state index contributed by atoms with van der Waals surface area (Å²) in [6.07, 6.45) is 3.02. The summed E-state index contributed by atoms with van der Waals surface area (Å²) in [7, 11) is -3.46. The van der Waals surface area contributed by atoms with Crippen LogP contribution in [0.5, 0.6) is 0 Å². The Morgan fingerprint density at radius 3 is 2.57 bits per heavy atom. The molecule has 0 aromatic heterocycles. The molecule has 7 heteroatoms. The Hall–Kier alpha value is -0.660. The molecule has 1 fully saturated rings. The predicted molar refractivity (Wildman–Crippen MR) is 83.1 cm³/mol. The van der Waals surface area contributed by atoms with Crippen LogP contribution < -0.4 is 10.0 Å². The fourth-order valence-electron chi connectivity index (χ4n) is 2.19. The van der Waals surface area contributed by atoms with Crippen LogP contribution in [0.2, 0.25) is 5.02 Å². The maximum Gasteiger partial charge on any atom is 0.240 e. The van der Waals surface area contributed by atoms with Crippen LogP contribution in [0.1, 0.15) is 19.3 Å². The third-order valence-electron chi connectivity index (χ3n) is 3.38. The third kappa shape index (κ3) is 5.56. The summed E-state index contributed by atoms with van der Waals surface area (Å²) in [4.78, 5) is 0.228. The number of hydrogen-bond donors (Lipinski definition) is 2. The van der Waals surface area contributed by atoms with Gasteiger partial charge in [-0.1, -0.05) is 11.6 Å². The van der Waals surface area contributed by atoms with Crippen molar-refractivity contribution in [2.75, 3.05) is 26.2 Å². The van der Waals surface area contributed by atoms with Crippen LogP contribution in [0, 0.1) is 0 Å². The molecule has 21 heavy (non-hydrogen) atoms. The molecule has 2 rings (SSSR count). The average Bonchev–Trinajstić information content (AvgIpc) is 2.48. The van der Waals surface area contributed by atoms with Crippen LogP contribution in [0.15, 0.2) is 29.2 Å². The standard InChI is InChI=1S/C14H21ClN2O3S/c15-12-2-4-14(5-3-12)21(18,19)17-8-1-11-20-13-6-9-16-10-7-13/h2-5,13,16-17H,1,6-11H2. The molecule has 118 valence electrons. The van der Waals surface area contributed by atoms with Crippen molar-refractivity contribution < 1.29 is 13.2 Å². The van der Waals surface area contributed by atoms with Gasteiger partial charge in [-0.05, 0) is 56.6 Å². The first-order valence-corrected chi connectivity index (χ1v) is 9.01. The lowest BCUT2D eigenvalue weighted by Crippen LogP contribution is -2.33. The van der Waals surface area contributed by atoms with Crippen LogP contribution in [0.25, 0.3) is 0 Å². The maximum absolute atomic E-state index is 12.0. The van der Waals surface area contributed by atoms with Crippen molar-refractivity contribution in [1.29, 1.82) is 0 Å². The summed E-state index contributed by atoms with van der Waals surface area (Å²) in [5.74, 6) is 0. The van der Waals surface area contributed by atoms with E-state index >= 15 is 0 Å². The fourth-order valence-corrected chi connectivity index (χ4v) is 3.39. The van der Waals surface area contributed by atoms with Gasteiger partial charge in [0.2, 0.25) is 10.0 Å². The van der Waals surface area contributed by atoms with Gasteiger partial charge in [-0.25, -0.2) is 13.1 Å². The molecule has 1 aliphatic heterocycles. The Morgan fingerprint density at radius 2 is 1.90 bits per heavy atom. The van der Waals surface area contributed by atoms with Gasteiger partial charge in [0, 0.05) is 18.2 Å². The lowest BCUT2D eigenvalue weighted by atomic mass is 10.1. The van der Waals surface area contributed by atoms with Crippen molar-refractivity contribution in [2.24, 2.45) is 0 Å². The second-order valence-electron chi connectivity index (χ2n) is 5.03. The predicted octanol–water partition coefficient (Wildman–Crippen LogP) is 1.78. The summed E-state index contributed by atoms with van der Waals surface area (Å²) in [6.45, 7) is 2.94. The largest absolute Gasteiger partial charge is 0.378 e. The number of piperidine rings is 1. The second kappa shape index (κ2) is 8.10. The van der Waals surface area contributed by atoms with Crippen LogP contribution in [0.4, 0.5) is 0 Å². The fraction of sp³-hybridized carbons (Fsp3) is 0.571. The van der Waals surface area contributed by atoms with Gasteiger partial charge in [0.05, 0.1) is 11.0 Å². The first-order valence-electron chi connectivity index (χ1n) is 7.15. The molecule has 1 aromatic carbocycles. The zero-order valence-corrected chi connectivity index (χ0v) is 13.4. The molecule has 0 unspecified atom stereocenters. The number of rotatable bonds is 7. The van der Waals surface area contributed by atoms with Crippen LogP contribution >= 0.6 is 11.6 Å². The summed E-state index contributed by atoms with van der Waals surface area (Å²) in [5, 5.41) is 3.80. The van der Waals surface area contributed by atoms with Crippen LogP contribution in [0.3, 0.4) is 0 Å². The first kappa shape index (κ1) is 16.7. The average molecular weight is 333 g/mol. The highest BCUT2D eigenvalue weighted by molar-refractivity contribution is 7.89. The minimum absolute atomic E-state index is 0.228. The van der Waals surface area contributed by atoms with Crippen LogP contribution in [-0.2, 0) is 14.8 Å². The molecule has 1 aliphatic rings. The number of hydrogen-bond acceptors (Lipinski definition) is 4. The highest BCUT2D eigenvalue weighted by Crippen LogP contribution is 2.13. The molecule has 1 aromatic rings. The van der Waals surface area contributed by atoms with Gasteiger partial charge in [-0.15, -0.1) is 0 Å². The summed E-state index contributed by atoms with van der Waals surface area (Å²) in [6, 6.07) is 6.12. The highest BCUT2D eigenvalue weighted by Gasteiger charge is 2.14. The molecule has 1 heterocycles. The minimum atomic E-state index is -3.46. The van der Waals surface area contributed by atoms with Gasteiger partial charge in [-0.2, -0.15) is 0 Å². The number of nitrogens with one attached hydrogen (secondary N) is 2. The lowest BCUT2D eigenvalue weighted by molar-refractivity contribution is 0.0322. The molecule has 0 saturated carbocycles. The SMILES string of the molecule is O=S(=O)(NCCCOC1CCNCC1)c1ccc(Cl)cc1. The third-order valence-corrected chi connectivity index (χ3v) is 5.11. The van der Waals surface area contributed by atoms with Crippen molar-refractivity contribution in [3.05, 3.63) is 29.3 Å². The number of halogens is 1. The monoisotopic (exact) mass is 332 g/mol. The first-order chi connectivity index (χ1) is 10.1. The zero-order valence-electron chi connectivity index (χ0n) is 11.8. The molecule has 2 N–H and O–H groups in total. The van der Waals surface area contributed by atoms with Gasteiger partial charge >= 0.3 is 0 Å². The van der Waals surface area contributed by atoms with Gasteiger partial charge < -0.3 is 10.1 Å². The Morgan fingerprint density at radius 1 is 1.24 bits per heavy atom. The van der Waals surface area contributed by atoms with E-state index in [0.29, 0.717) is 30.7 Å². The Labute approximate surface area is 131 Å². The molecule has 0 amide bonds. The molecular weight excluding hydrogens is 312 g/mol. The van der Waals surface area contributed by atoms with E-state index in [-0.39, 0.29) is 4.90 Å². The minimum Gasteiger partial charge on any atom is -0.378 e. The topological polar surface area (TPSA) is 67.4 Å². The summed E-state index contributed by atoms with van der Waals surface area (Å²) >= 11 is 5.74. The van der Waals surface area contributed by atoms with Crippen molar-refractivity contribution in [2.45, 2.75) is 30.3 Å². The van der Waals surface area contributed by atoms with Crippen molar-refractivity contribution in [3.63, 3.8) is 0 Å². The number of sulfonamides is 1. The van der Waals surface area contributed by atoms with E-state index in [1.165, 1.54) is 12.1 Å². The molecule has 0 aliphatic carbocycles. The zero-order chi connectivity index (χ0) is 15.1. The van der Waals surface area contributed by atoms with Crippen molar-refractivity contribution >= 4 is 21.6 Å². The Balaban J connectivity index is 1.68. The second-order valence-corrected chi connectivity index (χ2v) is 7.23.